The van der Waals surface area contributed by atoms with Gasteiger partial charge in [0.1, 0.15) is 17.6 Å². The lowest BCUT2D eigenvalue weighted by Crippen LogP contribution is -2.21. The number of hydrogen-bond donors (Lipinski definition) is 1. The number of benzene rings is 2. The molecule has 130 valence electrons. The van der Waals surface area contributed by atoms with Gasteiger partial charge in [-0.1, -0.05) is 29.8 Å². The minimum Gasteiger partial charge on any atom is -0.496 e. The first-order chi connectivity index (χ1) is 12.8. The van der Waals surface area contributed by atoms with Gasteiger partial charge in [0.25, 0.3) is 0 Å². The molecule has 4 aromatic rings. The zero-order valence-electron chi connectivity index (χ0n) is 14.2. The SMILES string of the molecule is COc1cccc2coc(C3NCc4ccc(Cl)cc4-n4cccc43)c12. The van der Waals surface area contributed by atoms with E-state index in [-0.39, 0.29) is 6.04 Å². The number of rotatable bonds is 2. The van der Waals surface area contributed by atoms with E-state index in [0.29, 0.717) is 0 Å². The molecule has 2 aromatic heterocycles. The molecule has 3 heterocycles. The number of hydrogen-bond acceptors (Lipinski definition) is 3. The lowest BCUT2D eigenvalue weighted by atomic mass is 10.1. The van der Waals surface area contributed by atoms with Gasteiger partial charge in [-0.3, -0.25) is 5.32 Å². The maximum atomic E-state index is 6.25. The van der Waals surface area contributed by atoms with Gasteiger partial charge >= 0.3 is 0 Å². The molecule has 0 spiro atoms. The molecule has 2 aromatic carbocycles. The minimum atomic E-state index is -0.0926. The fourth-order valence-electron chi connectivity index (χ4n) is 3.78. The Morgan fingerprint density at radius 3 is 3.00 bits per heavy atom. The second-order valence-electron chi connectivity index (χ2n) is 6.41. The van der Waals surface area contributed by atoms with Gasteiger partial charge in [-0.25, -0.2) is 0 Å². The molecule has 26 heavy (non-hydrogen) atoms. The van der Waals surface area contributed by atoms with E-state index >= 15 is 0 Å². The van der Waals surface area contributed by atoms with Gasteiger partial charge in [0.05, 0.1) is 24.4 Å². The third-order valence-electron chi connectivity index (χ3n) is 4.98. The van der Waals surface area contributed by atoms with Crippen LogP contribution in [-0.4, -0.2) is 11.7 Å². The Morgan fingerprint density at radius 2 is 2.12 bits per heavy atom. The molecule has 0 fully saturated rings. The number of ether oxygens (including phenoxy) is 1. The molecule has 1 unspecified atom stereocenters. The van der Waals surface area contributed by atoms with Gasteiger partial charge < -0.3 is 13.7 Å². The Morgan fingerprint density at radius 1 is 1.19 bits per heavy atom. The summed E-state index contributed by atoms with van der Waals surface area (Å²) in [6.45, 7) is 0.718. The van der Waals surface area contributed by atoms with Crippen LogP contribution in [-0.2, 0) is 6.54 Å². The predicted octanol–water partition coefficient (Wildman–Crippen LogP) is 5.08. The first-order valence-corrected chi connectivity index (χ1v) is 8.87. The topological polar surface area (TPSA) is 39.3 Å². The van der Waals surface area contributed by atoms with Gasteiger partial charge in [0.2, 0.25) is 0 Å². The molecule has 0 saturated carbocycles. The van der Waals surface area contributed by atoms with Crippen molar-refractivity contribution in [3.63, 3.8) is 0 Å². The standard InChI is InChI=1S/C21H17ClN2O2/c1-25-18-6-2-4-14-12-26-21(19(14)18)20-16-5-3-9-24(16)17-10-15(22)8-7-13(17)11-23-20/h2-10,12,20,23H,11H2,1H3. The maximum absolute atomic E-state index is 6.25. The van der Waals surface area contributed by atoms with Crippen molar-refractivity contribution in [2.75, 3.05) is 7.11 Å². The highest BCUT2D eigenvalue weighted by Gasteiger charge is 2.28. The second kappa shape index (κ2) is 5.94. The van der Waals surface area contributed by atoms with E-state index in [1.807, 2.05) is 36.4 Å². The van der Waals surface area contributed by atoms with Crippen LogP contribution in [0.25, 0.3) is 16.5 Å². The zero-order valence-corrected chi connectivity index (χ0v) is 15.0. The number of furan rings is 1. The molecule has 0 saturated heterocycles. The minimum absolute atomic E-state index is 0.0926. The van der Waals surface area contributed by atoms with Crippen LogP contribution in [0.1, 0.15) is 23.1 Å². The highest BCUT2D eigenvalue weighted by Crippen LogP contribution is 2.38. The van der Waals surface area contributed by atoms with E-state index < -0.39 is 0 Å². The summed E-state index contributed by atoms with van der Waals surface area (Å²) in [5.41, 5.74) is 3.39. The van der Waals surface area contributed by atoms with Crippen LogP contribution in [0.4, 0.5) is 0 Å². The summed E-state index contributed by atoms with van der Waals surface area (Å²) in [4.78, 5) is 0. The number of methoxy groups -OCH3 is 1. The predicted molar refractivity (Wildman–Crippen MR) is 102 cm³/mol. The molecule has 5 heteroatoms. The van der Waals surface area contributed by atoms with Crippen LogP contribution in [0.15, 0.2) is 65.4 Å². The third-order valence-corrected chi connectivity index (χ3v) is 5.21. The van der Waals surface area contributed by atoms with Crippen molar-refractivity contribution >= 4 is 22.4 Å². The van der Waals surface area contributed by atoms with Gasteiger partial charge in [0, 0.05) is 28.8 Å². The average molecular weight is 365 g/mol. The smallest absolute Gasteiger partial charge is 0.138 e. The van der Waals surface area contributed by atoms with E-state index in [0.717, 1.165) is 45.2 Å². The normalized spacial score (nSPS) is 16.2. The van der Waals surface area contributed by atoms with E-state index in [4.69, 9.17) is 20.8 Å². The van der Waals surface area contributed by atoms with Crippen LogP contribution in [0.3, 0.4) is 0 Å². The van der Waals surface area contributed by atoms with Gasteiger partial charge in [-0.15, -0.1) is 0 Å². The molecule has 1 atom stereocenters. The van der Waals surface area contributed by atoms with E-state index in [9.17, 15) is 0 Å². The number of nitrogens with zero attached hydrogens (tertiary/aromatic N) is 1. The van der Waals surface area contributed by atoms with Gasteiger partial charge in [-0.05, 0) is 35.9 Å². The van der Waals surface area contributed by atoms with Gasteiger partial charge in [0.15, 0.2) is 0 Å². The molecule has 1 aliphatic rings. The second-order valence-corrected chi connectivity index (χ2v) is 6.85. The van der Waals surface area contributed by atoms with Crippen LogP contribution in [0, 0.1) is 0 Å². The first-order valence-electron chi connectivity index (χ1n) is 8.50. The van der Waals surface area contributed by atoms with Crippen molar-refractivity contribution in [1.29, 1.82) is 0 Å². The van der Waals surface area contributed by atoms with Crippen LogP contribution in [0.5, 0.6) is 5.75 Å². The Kier molecular flexibility index (Phi) is 3.55. The van der Waals surface area contributed by atoms with Crippen molar-refractivity contribution in [3.8, 4) is 11.4 Å². The Bertz CT molecular complexity index is 1110. The van der Waals surface area contributed by atoms with Gasteiger partial charge in [-0.2, -0.15) is 0 Å². The summed E-state index contributed by atoms with van der Waals surface area (Å²) >= 11 is 6.25. The summed E-state index contributed by atoms with van der Waals surface area (Å²) < 4.78 is 13.8. The molecule has 0 amide bonds. The lowest BCUT2D eigenvalue weighted by molar-refractivity contribution is 0.414. The molecule has 4 nitrogen and oxygen atoms in total. The molecule has 1 N–H and O–H groups in total. The van der Waals surface area contributed by atoms with Crippen LogP contribution in [0.2, 0.25) is 5.02 Å². The van der Waals surface area contributed by atoms with E-state index in [1.54, 1.807) is 13.4 Å². The van der Waals surface area contributed by atoms with Crippen molar-refractivity contribution < 1.29 is 9.15 Å². The van der Waals surface area contributed by atoms with E-state index in [1.165, 1.54) is 5.56 Å². The summed E-state index contributed by atoms with van der Waals surface area (Å²) in [6, 6.07) is 16.0. The fourth-order valence-corrected chi connectivity index (χ4v) is 3.95. The van der Waals surface area contributed by atoms with Crippen molar-refractivity contribution in [3.05, 3.63) is 83.0 Å². The number of nitrogens with one attached hydrogen (secondary N) is 1. The van der Waals surface area contributed by atoms with Crippen molar-refractivity contribution in [2.24, 2.45) is 0 Å². The number of aromatic nitrogens is 1. The first kappa shape index (κ1) is 15.6. The highest BCUT2D eigenvalue weighted by molar-refractivity contribution is 6.30. The Hall–Kier alpha value is -2.69. The maximum Gasteiger partial charge on any atom is 0.138 e. The molecule has 0 radical (unpaired) electrons. The van der Waals surface area contributed by atoms with E-state index in [2.05, 4.69) is 28.2 Å². The summed E-state index contributed by atoms with van der Waals surface area (Å²) in [5, 5.41) is 6.40. The quantitative estimate of drug-likeness (QED) is 0.539. The van der Waals surface area contributed by atoms with Crippen molar-refractivity contribution in [1.82, 2.24) is 9.88 Å². The fraction of sp³-hybridized carbons (Fsp3) is 0.143. The lowest BCUT2D eigenvalue weighted by Gasteiger charge is -2.16. The molecular formula is C21H17ClN2O2. The summed E-state index contributed by atoms with van der Waals surface area (Å²) in [6.07, 6.45) is 3.85. The zero-order chi connectivity index (χ0) is 17.7. The van der Waals surface area contributed by atoms with Crippen LogP contribution < -0.4 is 10.1 Å². The molecule has 1 aliphatic heterocycles. The number of halogens is 1. The summed E-state index contributed by atoms with van der Waals surface area (Å²) in [7, 11) is 1.69. The Labute approximate surface area is 155 Å². The molecule has 0 aliphatic carbocycles. The Balaban J connectivity index is 1.72. The third kappa shape index (κ3) is 2.26. The average Bonchev–Trinajstić information content (AvgIpc) is 3.28. The molecule has 5 rings (SSSR count). The van der Waals surface area contributed by atoms with Crippen LogP contribution >= 0.6 is 11.6 Å². The largest absolute Gasteiger partial charge is 0.496 e. The monoisotopic (exact) mass is 364 g/mol. The molecular weight excluding hydrogens is 348 g/mol. The van der Waals surface area contributed by atoms with Crippen molar-refractivity contribution in [2.45, 2.75) is 12.6 Å². The summed E-state index contributed by atoms with van der Waals surface area (Å²) in [5.74, 6) is 1.67. The highest BCUT2D eigenvalue weighted by atomic mass is 35.5. The number of fused-ring (bicyclic) bond motifs is 4. The molecule has 0 bridgehead atoms.